The Morgan fingerprint density at radius 2 is 2.21 bits per heavy atom. The molecule has 0 saturated carbocycles. The largest absolute Gasteiger partial charge is 0.453 e. The summed E-state index contributed by atoms with van der Waals surface area (Å²) in [6.07, 6.45) is 5.86. The second-order valence-corrected chi connectivity index (χ2v) is 10.8. The highest BCUT2D eigenvalue weighted by atomic mass is 79.9. The Labute approximate surface area is 213 Å². The second kappa shape index (κ2) is 9.78. The van der Waals surface area contributed by atoms with Gasteiger partial charge in [0.1, 0.15) is 16.7 Å². The quantitative estimate of drug-likeness (QED) is 0.216. The zero-order valence-corrected chi connectivity index (χ0v) is 21.4. The number of amides is 1. The lowest BCUT2D eigenvalue weighted by Gasteiger charge is -2.09. The number of allylic oxidation sites excluding steroid dienone is 1. The topological polar surface area (TPSA) is 96.7 Å². The Morgan fingerprint density at radius 1 is 1.35 bits per heavy atom. The number of carbonyl (C=O) groups excluding carboxylic acids is 1. The highest BCUT2D eigenvalue weighted by molar-refractivity contribution is 9.10. The number of furan rings is 1. The smallest absolute Gasteiger partial charge is 0.235 e. The van der Waals surface area contributed by atoms with Gasteiger partial charge in [-0.1, -0.05) is 33.8 Å². The van der Waals surface area contributed by atoms with Crippen molar-refractivity contribution in [1.29, 1.82) is 5.26 Å². The molecule has 172 valence electrons. The third-order valence-corrected chi connectivity index (χ3v) is 8.26. The molecule has 0 spiro atoms. The van der Waals surface area contributed by atoms with Gasteiger partial charge in [0.2, 0.25) is 11.7 Å². The number of nitriles is 1. The summed E-state index contributed by atoms with van der Waals surface area (Å²) < 4.78 is 8.83. The van der Waals surface area contributed by atoms with Gasteiger partial charge in [-0.2, -0.15) is 5.26 Å². The molecular weight excluding hydrogens is 534 g/mol. The van der Waals surface area contributed by atoms with E-state index in [0.717, 1.165) is 46.7 Å². The van der Waals surface area contributed by atoms with Crippen molar-refractivity contribution < 1.29 is 9.21 Å². The summed E-state index contributed by atoms with van der Waals surface area (Å²) in [5.74, 6) is 1.15. The minimum absolute atomic E-state index is 0.149. The van der Waals surface area contributed by atoms with E-state index >= 15 is 0 Å². The van der Waals surface area contributed by atoms with Gasteiger partial charge in [0, 0.05) is 21.3 Å². The Morgan fingerprint density at radius 3 is 3.03 bits per heavy atom. The van der Waals surface area contributed by atoms with Crippen molar-refractivity contribution in [2.75, 3.05) is 11.1 Å². The predicted molar refractivity (Wildman–Crippen MR) is 138 cm³/mol. The molecule has 0 fully saturated rings. The van der Waals surface area contributed by atoms with Crippen LogP contribution in [0.2, 0.25) is 0 Å². The number of aromatic nitrogens is 3. The SMILES string of the molecule is C=CCn1c(SCC(=O)Nc2sc3c(c2C#N)CCCC3)nnc1-c1cc2cc(Br)ccc2o1. The van der Waals surface area contributed by atoms with Crippen LogP contribution in [0, 0.1) is 11.3 Å². The molecule has 0 radical (unpaired) electrons. The van der Waals surface area contributed by atoms with Crippen molar-refractivity contribution >= 4 is 60.9 Å². The number of nitrogens with one attached hydrogen (secondary N) is 1. The van der Waals surface area contributed by atoms with Crippen LogP contribution in [-0.2, 0) is 24.2 Å². The van der Waals surface area contributed by atoms with Crippen molar-refractivity contribution in [2.45, 2.75) is 37.4 Å². The number of thioether (sulfide) groups is 1. The van der Waals surface area contributed by atoms with Gasteiger partial charge in [0.05, 0.1) is 11.3 Å². The Hall–Kier alpha value is -2.87. The highest BCUT2D eigenvalue weighted by Crippen LogP contribution is 2.38. The molecule has 4 aromatic rings. The molecule has 0 atom stereocenters. The molecule has 3 aromatic heterocycles. The molecule has 0 unspecified atom stereocenters. The van der Waals surface area contributed by atoms with Gasteiger partial charge in [-0.3, -0.25) is 9.36 Å². The lowest BCUT2D eigenvalue weighted by Crippen LogP contribution is -2.14. The van der Waals surface area contributed by atoms with Crippen LogP contribution in [0.3, 0.4) is 0 Å². The van der Waals surface area contributed by atoms with Gasteiger partial charge in [-0.25, -0.2) is 0 Å². The first kappa shape index (κ1) is 22.9. The van der Waals surface area contributed by atoms with Gasteiger partial charge in [0.25, 0.3) is 0 Å². The van der Waals surface area contributed by atoms with Crippen molar-refractivity contribution in [3.8, 4) is 17.7 Å². The molecule has 1 N–H and O–H groups in total. The number of anilines is 1. The molecule has 1 aliphatic carbocycles. The maximum absolute atomic E-state index is 12.7. The monoisotopic (exact) mass is 553 g/mol. The van der Waals surface area contributed by atoms with Crippen LogP contribution < -0.4 is 5.32 Å². The van der Waals surface area contributed by atoms with E-state index in [1.165, 1.54) is 28.0 Å². The van der Waals surface area contributed by atoms with E-state index < -0.39 is 0 Å². The third kappa shape index (κ3) is 4.43. The zero-order valence-electron chi connectivity index (χ0n) is 18.1. The standard InChI is InChI=1S/C24H20BrN5O2S2/c1-2-9-30-22(19-11-14-10-15(25)7-8-18(14)32-19)28-29-24(30)33-13-21(31)27-23-17(12-26)16-5-3-4-6-20(16)34-23/h2,7-8,10-11H,1,3-6,9,13H2,(H,27,31). The van der Waals surface area contributed by atoms with Crippen LogP contribution in [-0.4, -0.2) is 26.4 Å². The lowest BCUT2D eigenvalue weighted by molar-refractivity contribution is -0.113. The van der Waals surface area contributed by atoms with Crippen LogP contribution in [0.4, 0.5) is 5.00 Å². The summed E-state index contributed by atoms with van der Waals surface area (Å²) in [6.45, 7) is 4.31. The summed E-state index contributed by atoms with van der Waals surface area (Å²) in [7, 11) is 0. The van der Waals surface area contributed by atoms with Gasteiger partial charge in [0.15, 0.2) is 10.9 Å². The number of aryl methyl sites for hydroxylation is 1. The Kier molecular flexibility index (Phi) is 6.59. The van der Waals surface area contributed by atoms with Gasteiger partial charge in [-0.15, -0.1) is 28.1 Å². The molecular formula is C24H20BrN5O2S2. The number of hydrogen-bond donors (Lipinski definition) is 1. The molecule has 1 aromatic carbocycles. The second-order valence-electron chi connectivity index (χ2n) is 7.86. The zero-order chi connectivity index (χ0) is 23.7. The maximum Gasteiger partial charge on any atom is 0.235 e. The Balaban J connectivity index is 1.33. The lowest BCUT2D eigenvalue weighted by atomic mass is 9.96. The molecule has 0 aliphatic heterocycles. The van der Waals surface area contributed by atoms with E-state index in [-0.39, 0.29) is 11.7 Å². The summed E-state index contributed by atoms with van der Waals surface area (Å²) in [6, 6.07) is 10.0. The van der Waals surface area contributed by atoms with E-state index in [1.807, 2.05) is 28.8 Å². The normalized spacial score (nSPS) is 12.9. The van der Waals surface area contributed by atoms with E-state index in [4.69, 9.17) is 4.42 Å². The average molecular weight is 554 g/mol. The fourth-order valence-corrected chi connectivity index (χ4v) is 6.44. The molecule has 0 bridgehead atoms. The number of fused-ring (bicyclic) bond motifs is 2. The van der Waals surface area contributed by atoms with Gasteiger partial charge >= 0.3 is 0 Å². The number of benzene rings is 1. The van der Waals surface area contributed by atoms with Crippen molar-refractivity contribution in [3.05, 3.63) is 57.4 Å². The number of halogens is 1. The molecule has 7 nitrogen and oxygen atoms in total. The Bertz CT molecular complexity index is 1450. The van der Waals surface area contributed by atoms with Crippen LogP contribution in [0.15, 0.2) is 51.0 Å². The first-order chi connectivity index (χ1) is 16.6. The van der Waals surface area contributed by atoms with Crippen LogP contribution in [0.1, 0.15) is 28.8 Å². The van der Waals surface area contributed by atoms with Crippen molar-refractivity contribution in [2.24, 2.45) is 0 Å². The van der Waals surface area contributed by atoms with E-state index in [0.29, 0.717) is 33.9 Å². The number of rotatable bonds is 7. The number of thiophene rings is 1. The molecule has 3 heterocycles. The maximum atomic E-state index is 12.7. The fourth-order valence-electron chi connectivity index (χ4n) is 4.06. The molecule has 0 saturated heterocycles. The fraction of sp³-hybridized carbons (Fsp3) is 0.250. The van der Waals surface area contributed by atoms with Gasteiger partial charge in [-0.05, 0) is 55.5 Å². The summed E-state index contributed by atoms with van der Waals surface area (Å²) in [5.41, 5.74) is 2.48. The molecule has 34 heavy (non-hydrogen) atoms. The molecule has 1 aliphatic rings. The van der Waals surface area contributed by atoms with E-state index in [1.54, 1.807) is 6.08 Å². The van der Waals surface area contributed by atoms with Crippen molar-refractivity contribution in [3.63, 3.8) is 0 Å². The summed E-state index contributed by atoms with van der Waals surface area (Å²) in [4.78, 5) is 13.9. The first-order valence-corrected chi connectivity index (χ1v) is 13.4. The first-order valence-electron chi connectivity index (χ1n) is 10.8. The van der Waals surface area contributed by atoms with Gasteiger partial charge < -0.3 is 9.73 Å². The number of hydrogen-bond acceptors (Lipinski definition) is 7. The average Bonchev–Trinajstić information content (AvgIpc) is 3.52. The summed E-state index contributed by atoms with van der Waals surface area (Å²) >= 11 is 6.29. The molecule has 5 rings (SSSR count). The predicted octanol–water partition coefficient (Wildman–Crippen LogP) is 6.18. The van der Waals surface area contributed by atoms with E-state index in [2.05, 4.69) is 44.1 Å². The number of carbonyl (C=O) groups is 1. The minimum atomic E-state index is -0.177. The molecule has 10 heteroatoms. The van der Waals surface area contributed by atoms with Crippen LogP contribution in [0.25, 0.3) is 22.6 Å². The minimum Gasteiger partial charge on any atom is -0.453 e. The highest BCUT2D eigenvalue weighted by Gasteiger charge is 2.23. The van der Waals surface area contributed by atoms with E-state index in [9.17, 15) is 10.1 Å². The number of nitrogens with zero attached hydrogens (tertiary/aromatic N) is 4. The van der Waals surface area contributed by atoms with Crippen molar-refractivity contribution in [1.82, 2.24) is 14.8 Å². The van der Waals surface area contributed by atoms with Crippen LogP contribution >= 0.6 is 39.0 Å². The third-order valence-electron chi connectivity index (χ3n) is 5.60. The molecule has 1 amide bonds. The van der Waals surface area contributed by atoms with Crippen LogP contribution in [0.5, 0.6) is 0 Å². The summed E-state index contributed by atoms with van der Waals surface area (Å²) in [5, 5.41) is 23.4.